The van der Waals surface area contributed by atoms with E-state index < -0.39 is 5.91 Å². The predicted octanol–water partition coefficient (Wildman–Crippen LogP) is 2.13. The summed E-state index contributed by atoms with van der Waals surface area (Å²) in [5.74, 6) is 0.115. The van der Waals surface area contributed by atoms with Crippen LogP contribution >= 0.6 is 11.3 Å². The van der Waals surface area contributed by atoms with Crippen LogP contribution in [0.4, 0.5) is 9.52 Å². The molecule has 0 bridgehead atoms. The highest BCUT2D eigenvalue weighted by atomic mass is 32.1. The first kappa shape index (κ1) is 17.0. The second-order valence-corrected chi connectivity index (χ2v) is 6.71. The fourth-order valence-electron chi connectivity index (χ4n) is 2.39. The number of benzene rings is 1. The lowest BCUT2D eigenvalue weighted by Gasteiger charge is -1.98. The van der Waals surface area contributed by atoms with Gasteiger partial charge in [0.1, 0.15) is 18.0 Å². The van der Waals surface area contributed by atoms with E-state index in [1.807, 2.05) is 0 Å². The van der Waals surface area contributed by atoms with Gasteiger partial charge in [-0.1, -0.05) is 12.1 Å². The summed E-state index contributed by atoms with van der Waals surface area (Å²) in [6.45, 7) is 1.70. The molecule has 136 valence electrons. The number of hydrogen-bond donors (Lipinski definition) is 2. The highest BCUT2D eigenvalue weighted by Gasteiger charge is 2.17. The summed E-state index contributed by atoms with van der Waals surface area (Å²) in [5, 5.41) is 13.7. The molecule has 27 heavy (non-hydrogen) atoms. The quantitative estimate of drug-likeness (QED) is 0.545. The molecule has 0 saturated carbocycles. The number of H-pyrrole nitrogens is 1. The Balaban J connectivity index is 1.45. The largest absolute Gasteiger partial charge is 0.297 e. The number of nitrogens with zero attached hydrogens (tertiary/aromatic N) is 6. The van der Waals surface area contributed by atoms with Gasteiger partial charge in [0, 0.05) is 17.5 Å². The molecule has 2 N–H and O–H groups in total. The third-order valence-electron chi connectivity index (χ3n) is 3.64. The molecule has 0 spiro atoms. The number of aryl methyl sites for hydroxylation is 1. The molecule has 3 heterocycles. The first-order chi connectivity index (χ1) is 13.1. The zero-order valence-electron chi connectivity index (χ0n) is 14.0. The number of carbonyl (C=O) groups is 1. The molecule has 0 aliphatic heterocycles. The predicted molar refractivity (Wildman–Crippen MR) is 95.3 cm³/mol. The molecule has 0 saturated heterocycles. The van der Waals surface area contributed by atoms with Crippen LogP contribution in [0, 0.1) is 12.7 Å². The number of halogens is 1. The molecule has 4 aromatic rings. The average Bonchev–Trinajstić information content (AvgIpc) is 3.38. The van der Waals surface area contributed by atoms with Crippen LogP contribution in [0.3, 0.4) is 0 Å². The Hall–Kier alpha value is -3.47. The maximum atomic E-state index is 13.0. The van der Waals surface area contributed by atoms with E-state index in [2.05, 4.69) is 35.6 Å². The molecule has 11 heteroatoms. The zero-order chi connectivity index (χ0) is 18.8. The Bertz CT molecular complexity index is 1070. The summed E-state index contributed by atoms with van der Waals surface area (Å²) < 4.78 is 14.4. The number of hydrogen-bond acceptors (Lipinski definition) is 7. The molecule has 0 fully saturated rings. The first-order valence-electron chi connectivity index (χ1n) is 7.88. The fourth-order valence-corrected chi connectivity index (χ4v) is 3.23. The minimum absolute atomic E-state index is 0.000755. The molecule has 1 aromatic carbocycles. The van der Waals surface area contributed by atoms with Gasteiger partial charge in [0.25, 0.3) is 5.91 Å². The van der Waals surface area contributed by atoms with E-state index in [0.717, 1.165) is 10.4 Å². The van der Waals surface area contributed by atoms with Gasteiger partial charge in [-0.2, -0.15) is 14.8 Å². The van der Waals surface area contributed by atoms with E-state index >= 15 is 0 Å². The SMILES string of the molecule is Cc1nc(C(=O)Nc2ncc(Cc3ccc(F)cc3)s2)nn1-c1ncn[nH]1. The standard InChI is InChI=1S/C16H13FN8OS/c1-9-21-13(24-25(9)15-19-8-20-23-15)14(26)22-16-18-7-12(27-16)6-10-2-4-11(17)5-3-10/h2-5,7-8H,6H2,1H3,(H,18,22,26)(H,19,20,23). The van der Waals surface area contributed by atoms with Crippen molar-refractivity contribution in [3.05, 3.63) is 64.7 Å². The van der Waals surface area contributed by atoms with Crippen molar-refractivity contribution in [2.45, 2.75) is 13.3 Å². The monoisotopic (exact) mass is 384 g/mol. The average molecular weight is 384 g/mol. The van der Waals surface area contributed by atoms with Gasteiger partial charge in [0.2, 0.25) is 11.8 Å². The van der Waals surface area contributed by atoms with Crippen LogP contribution in [0.25, 0.3) is 5.95 Å². The van der Waals surface area contributed by atoms with Gasteiger partial charge in [-0.25, -0.2) is 19.5 Å². The minimum Gasteiger partial charge on any atom is -0.295 e. The topological polar surface area (TPSA) is 114 Å². The summed E-state index contributed by atoms with van der Waals surface area (Å²) in [6.07, 6.45) is 3.62. The number of thiazole rings is 1. The molecule has 1 amide bonds. The molecule has 9 nitrogen and oxygen atoms in total. The number of anilines is 1. The van der Waals surface area contributed by atoms with Crippen LogP contribution in [0.15, 0.2) is 36.8 Å². The van der Waals surface area contributed by atoms with Crippen LogP contribution < -0.4 is 5.32 Å². The summed E-state index contributed by atoms with van der Waals surface area (Å²) in [5.41, 5.74) is 0.959. The first-order valence-corrected chi connectivity index (χ1v) is 8.70. The number of aromatic amines is 1. The van der Waals surface area contributed by atoms with E-state index in [9.17, 15) is 9.18 Å². The van der Waals surface area contributed by atoms with Gasteiger partial charge in [-0.3, -0.25) is 10.1 Å². The maximum absolute atomic E-state index is 13.0. The van der Waals surface area contributed by atoms with E-state index in [0.29, 0.717) is 23.3 Å². The Morgan fingerprint density at radius 3 is 2.85 bits per heavy atom. The van der Waals surface area contributed by atoms with E-state index in [4.69, 9.17) is 0 Å². The molecule has 0 aliphatic rings. The molecular weight excluding hydrogens is 371 g/mol. The number of nitrogens with one attached hydrogen (secondary N) is 2. The molecule has 0 aliphatic carbocycles. The van der Waals surface area contributed by atoms with Crippen molar-refractivity contribution in [2.75, 3.05) is 5.32 Å². The van der Waals surface area contributed by atoms with Gasteiger partial charge < -0.3 is 0 Å². The lowest BCUT2D eigenvalue weighted by molar-refractivity contribution is 0.101. The zero-order valence-corrected chi connectivity index (χ0v) is 14.9. The van der Waals surface area contributed by atoms with Crippen molar-refractivity contribution in [3.8, 4) is 5.95 Å². The van der Waals surface area contributed by atoms with Crippen molar-refractivity contribution >= 4 is 22.4 Å². The number of aromatic nitrogens is 7. The van der Waals surface area contributed by atoms with Crippen LogP contribution in [0.1, 0.15) is 26.9 Å². The maximum Gasteiger partial charge on any atom is 0.297 e. The van der Waals surface area contributed by atoms with Crippen LogP contribution in [-0.2, 0) is 6.42 Å². The second-order valence-electron chi connectivity index (χ2n) is 5.59. The number of rotatable bonds is 5. The van der Waals surface area contributed by atoms with Crippen molar-refractivity contribution in [1.82, 2.24) is 34.9 Å². The Kier molecular flexibility index (Phi) is 4.42. The lowest BCUT2D eigenvalue weighted by Crippen LogP contribution is -2.14. The molecule has 3 aromatic heterocycles. The van der Waals surface area contributed by atoms with Crippen LogP contribution in [0.2, 0.25) is 0 Å². The molecule has 0 unspecified atom stereocenters. The van der Waals surface area contributed by atoms with Gasteiger partial charge in [0.05, 0.1) is 0 Å². The van der Waals surface area contributed by atoms with E-state index in [1.165, 1.54) is 34.5 Å². The van der Waals surface area contributed by atoms with Gasteiger partial charge in [-0.15, -0.1) is 16.4 Å². The van der Waals surface area contributed by atoms with Crippen LogP contribution in [-0.4, -0.2) is 40.8 Å². The van der Waals surface area contributed by atoms with Crippen molar-refractivity contribution < 1.29 is 9.18 Å². The molecule has 0 radical (unpaired) electrons. The van der Waals surface area contributed by atoms with Crippen LogP contribution in [0.5, 0.6) is 0 Å². The normalized spacial score (nSPS) is 10.9. The fraction of sp³-hybridized carbons (Fsp3) is 0.125. The molecule has 4 rings (SSSR count). The summed E-state index contributed by atoms with van der Waals surface area (Å²) in [7, 11) is 0. The van der Waals surface area contributed by atoms with Gasteiger partial charge >= 0.3 is 0 Å². The van der Waals surface area contributed by atoms with Crippen molar-refractivity contribution in [1.29, 1.82) is 0 Å². The third-order valence-corrected chi connectivity index (χ3v) is 4.55. The summed E-state index contributed by atoms with van der Waals surface area (Å²) in [6, 6.07) is 6.27. The number of amides is 1. The highest BCUT2D eigenvalue weighted by Crippen LogP contribution is 2.21. The highest BCUT2D eigenvalue weighted by molar-refractivity contribution is 7.15. The number of carbonyl (C=O) groups excluding carboxylic acids is 1. The molecule has 0 atom stereocenters. The minimum atomic E-state index is -0.473. The Morgan fingerprint density at radius 1 is 1.30 bits per heavy atom. The van der Waals surface area contributed by atoms with Crippen molar-refractivity contribution in [2.24, 2.45) is 0 Å². The van der Waals surface area contributed by atoms with Crippen molar-refractivity contribution in [3.63, 3.8) is 0 Å². The third kappa shape index (κ3) is 3.72. The Morgan fingerprint density at radius 2 is 2.11 bits per heavy atom. The lowest BCUT2D eigenvalue weighted by atomic mass is 10.1. The smallest absolute Gasteiger partial charge is 0.295 e. The van der Waals surface area contributed by atoms with Gasteiger partial charge in [-0.05, 0) is 24.6 Å². The van der Waals surface area contributed by atoms with E-state index in [-0.39, 0.29) is 11.6 Å². The van der Waals surface area contributed by atoms with Gasteiger partial charge in [0.15, 0.2) is 5.13 Å². The summed E-state index contributed by atoms with van der Waals surface area (Å²) in [4.78, 5) is 25.6. The molecular formula is C16H13FN8OS. The summed E-state index contributed by atoms with van der Waals surface area (Å²) >= 11 is 1.34. The van der Waals surface area contributed by atoms with E-state index in [1.54, 1.807) is 25.3 Å². The second kappa shape index (κ2) is 7.03. The Labute approximate surface area is 156 Å².